The van der Waals surface area contributed by atoms with Crippen LogP contribution in [0, 0.1) is 0 Å². The second kappa shape index (κ2) is 27.4. The molecule has 2 aliphatic heterocycles. The number of hydrogen-bond acceptors (Lipinski definition) is 14. The highest BCUT2D eigenvalue weighted by Gasteiger charge is 2.35. The zero-order valence-electron chi connectivity index (χ0n) is 47.0. The average Bonchev–Trinajstić information content (AvgIpc) is 1.64. The number of fused-ring (bicyclic) bond motifs is 2. The first-order valence-corrected chi connectivity index (χ1v) is 27.4. The minimum Gasteiger partial charge on any atom is -0.478 e. The van der Waals surface area contributed by atoms with Crippen LogP contribution in [0.25, 0.3) is 44.7 Å². The van der Waals surface area contributed by atoms with Crippen LogP contribution in [0.4, 0.5) is 23.7 Å². The maximum atomic E-state index is 13.9. The zero-order valence-corrected chi connectivity index (χ0v) is 47.0. The summed E-state index contributed by atoms with van der Waals surface area (Å²) in [4.78, 5) is 58.8. The van der Waals surface area contributed by atoms with E-state index in [0.29, 0.717) is 87.8 Å². The molecule has 24 heteroatoms. The van der Waals surface area contributed by atoms with Gasteiger partial charge in [0, 0.05) is 92.8 Å². The first kappa shape index (κ1) is 59.6. The number of carbonyl (C=O) groups excluding carboxylic acids is 3. The van der Waals surface area contributed by atoms with Crippen molar-refractivity contribution >= 4 is 40.5 Å². The van der Waals surface area contributed by atoms with Gasteiger partial charge in [0.15, 0.2) is 0 Å². The Kier molecular flexibility index (Phi) is 19.4. The van der Waals surface area contributed by atoms with Crippen LogP contribution in [0.1, 0.15) is 44.8 Å². The second-order valence-corrected chi connectivity index (χ2v) is 20.4. The van der Waals surface area contributed by atoms with Gasteiger partial charge >= 0.3 is 18.4 Å². The molecule has 1 atom stereocenters. The number of hydrogen-bond donors (Lipinski definition) is 2. The molecule has 3 amide bonds. The number of anilines is 1. The van der Waals surface area contributed by atoms with Crippen LogP contribution in [-0.4, -0.2) is 175 Å². The molecule has 1 unspecified atom stereocenters. The van der Waals surface area contributed by atoms with Crippen molar-refractivity contribution in [2.24, 2.45) is 0 Å². The van der Waals surface area contributed by atoms with E-state index in [4.69, 9.17) is 18.6 Å². The van der Waals surface area contributed by atoms with E-state index in [1.165, 1.54) is 30.5 Å². The van der Waals surface area contributed by atoms with Gasteiger partial charge in [-0.05, 0) is 85.0 Å². The number of alkyl halides is 3. The van der Waals surface area contributed by atoms with Crippen LogP contribution >= 0.6 is 0 Å². The smallest absolute Gasteiger partial charge is 0.478 e. The molecular weight excluding hydrogens is 1090 g/mol. The summed E-state index contributed by atoms with van der Waals surface area (Å²) < 4.78 is 70.1. The normalized spacial score (nSPS) is 13.6. The Balaban J connectivity index is 0.658. The highest BCUT2D eigenvalue weighted by atomic mass is 19.4. The largest absolute Gasteiger partial charge is 0.573 e. The van der Waals surface area contributed by atoms with E-state index in [2.05, 4.69) is 30.7 Å². The molecule has 0 radical (unpaired) electrons. The SMILES string of the molecule is CN(C)c1ccc2c(-c3ccc(C(=O)NCCOCCOCCOCCn4cc(CCCC(=O)N5CCN(C(=O)n6cc(-c7ccc(OC(F)(F)F)cc7)nn6)C(Cc6ccccc6)C5)nn4)c(C(=O)O)c3)c3ccc(=[N+](C)C)cc-3oc2c1. The van der Waals surface area contributed by atoms with Gasteiger partial charge in [0.25, 0.3) is 5.91 Å². The summed E-state index contributed by atoms with van der Waals surface area (Å²) in [5.74, 6) is -1.56. The lowest BCUT2D eigenvalue weighted by Gasteiger charge is -2.41. The summed E-state index contributed by atoms with van der Waals surface area (Å²) >= 11 is 0. The van der Waals surface area contributed by atoms with Gasteiger partial charge in [-0.2, -0.15) is 4.68 Å². The molecule has 0 bridgehead atoms. The average molecular weight is 1160 g/mol. The molecule has 84 heavy (non-hydrogen) atoms. The predicted molar refractivity (Wildman–Crippen MR) is 305 cm³/mol. The predicted octanol–water partition coefficient (Wildman–Crippen LogP) is 6.98. The second-order valence-electron chi connectivity index (χ2n) is 20.4. The Hall–Kier alpha value is -9.00. The van der Waals surface area contributed by atoms with E-state index < -0.39 is 24.3 Å². The van der Waals surface area contributed by atoms with Gasteiger partial charge in [-0.3, -0.25) is 9.59 Å². The fourth-order valence-corrected chi connectivity index (χ4v) is 9.83. The van der Waals surface area contributed by atoms with Crippen LogP contribution in [-0.2, 0) is 38.4 Å². The van der Waals surface area contributed by atoms with Crippen molar-refractivity contribution in [1.82, 2.24) is 49.7 Å². The third-order valence-electron chi connectivity index (χ3n) is 14.1. The molecule has 4 aromatic carbocycles. The number of benzene rings is 5. The van der Waals surface area contributed by atoms with Crippen molar-refractivity contribution in [3.05, 3.63) is 149 Å². The first-order chi connectivity index (χ1) is 40.5. The molecule has 1 fully saturated rings. The lowest BCUT2D eigenvalue weighted by atomic mass is 9.91. The van der Waals surface area contributed by atoms with Crippen molar-refractivity contribution in [2.75, 3.05) is 98.9 Å². The number of aromatic carboxylic acids is 1. The number of halogens is 3. The van der Waals surface area contributed by atoms with Crippen LogP contribution in [0.15, 0.2) is 126 Å². The Labute approximate surface area is 481 Å². The van der Waals surface area contributed by atoms with Crippen LogP contribution in [0.5, 0.6) is 5.75 Å². The molecule has 4 heterocycles. The molecule has 3 aliphatic rings. The van der Waals surface area contributed by atoms with Gasteiger partial charge in [0.1, 0.15) is 36.9 Å². The standard InChI is InChI=1S/C60H64F3N11O10/c1-69(2)44-16-21-49-53(35-44)83-54-36-45(70(3)4)17-22-50(54)56(49)42-15-20-48(51(34-42)58(77)78)57(76)64-23-27-80-29-31-82-32-30-81-28-26-72-37-43(65-67-72)11-8-12-55(75)71-24-25-73(46(38-71)33-40-9-6-5-7-10-40)59(79)74-39-52(66-68-74)41-13-18-47(19-14-41)84-60(61,62)63/h5-7,9-10,13-22,34-37,39,46H,8,11-12,23-33,38H2,1-4H3,(H-,64,76,77,78)/p+1. The molecular formula is C60H65F3N11O10+. The molecule has 0 saturated carbocycles. The number of carboxylic acid groups (broad SMARTS) is 1. The number of amides is 3. The van der Waals surface area contributed by atoms with Crippen LogP contribution in [0.3, 0.4) is 0 Å². The zero-order chi connectivity index (χ0) is 59.3. The highest BCUT2D eigenvalue weighted by Crippen LogP contribution is 2.41. The quantitative estimate of drug-likeness (QED) is 0.0354. The summed E-state index contributed by atoms with van der Waals surface area (Å²) in [6.07, 6.45) is 0.253. The van der Waals surface area contributed by atoms with E-state index in [1.807, 2.05) is 111 Å². The number of carboxylic acids is 1. The maximum Gasteiger partial charge on any atom is 0.573 e. The van der Waals surface area contributed by atoms with Gasteiger partial charge in [0.05, 0.1) is 81.3 Å². The lowest BCUT2D eigenvalue weighted by Crippen LogP contribution is -2.58. The Morgan fingerprint density at radius 2 is 1.54 bits per heavy atom. The van der Waals surface area contributed by atoms with Crippen molar-refractivity contribution in [3.63, 3.8) is 0 Å². The monoisotopic (exact) mass is 1160 g/mol. The third-order valence-corrected chi connectivity index (χ3v) is 14.1. The number of aryl methyl sites for hydroxylation is 1. The Morgan fingerprint density at radius 1 is 0.798 bits per heavy atom. The van der Waals surface area contributed by atoms with Gasteiger partial charge in [-0.15, -0.1) is 23.4 Å². The first-order valence-electron chi connectivity index (χ1n) is 27.4. The molecule has 21 nitrogen and oxygen atoms in total. The molecule has 1 aliphatic carbocycles. The number of aromatic nitrogens is 6. The van der Waals surface area contributed by atoms with Gasteiger partial charge < -0.3 is 48.5 Å². The fourth-order valence-electron chi connectivity index (χ4n) is 9.83. The van der Waals surface area contributed by atoms with Crippen LogP contribution in [0.2, 0.25) is 0 Å². The molecule has 6 aromatic rings. The number of nitrogens with one attached hydrogen (secondary N) is 1. The van der Waals surface area contributed by atoms with E-state index in [1.54, 1.807) is 20.5 Å². The van der Waals surface area contributed by atoms with Gasteiger partial charge in [-0.25, -0.2) is 18.8 Å². The highest BCUT2D eigenvalue weighted by molar-refractivity contribution is 6.08. The van der Waals surface area contributed by atoms with E-state index >= 15 is 0 Å². The number of ether oxygens (including phenoxy) is 4. The van der Waals surface area contributed by atoms with Crippen molar-refractivity contribution < 1.29 is 60.8 Å². The number of carbonyl (C=O) groups is 4. The molecule has 0 spiro atoms. The maximum absolute atomic E-state index is 13.9. The Bertz CT molecular complexity index is 3620. The van der Waals surface area contributed by atoms with Gasteiger partial charge in [0.2, 0.25) is 11.3 Å². The number of piperazine rings is 1. The molecule has 1 saturated heterocycles. The number of rotatable bonds is 24. The van der Waals surface area contributed by atoms with E-state index in [-0.39, 0.29) is 67.2 Å². The fraction of sp³-hybridized carbons (Fsp3) is 0.350. The minimum absolute atomic E-state index is 0.0282. The van der Waals surface area contributed by atoms with E-state index in [0.717, 1.165) is 55.6 Å². The van der Waals surface area contributed by atoms with Crippen molar-refractivity contribution in [3.8, 4) is 39.5 Å². The van der Waals surface area contributed by atoms with Gasteiger partial charge in [-0.1, -0.05) is 46.8 Å². The summed E-state index contributed by atoms with van der Waals surface area (Å²) in [6, 6.07) is 30.6. The molecule has 440 valence electrons. The van der Waals surface area contributed by atoms with Crippen LogP contribution < -0.4 is 24.9 Å². The summed E-state index contributed by atoms with van der Waals surface area (Å²) in [6.45, 7) is 3.27. The minimum atomic E-state index is -4.83. The summed E-state index contributed by atoms with van der Waals surface area (Å²) in [5, 5.41) is 31.4. The molecule has 9 rings (SSSR count). The Morgan fingerprint density at radius 3 is 2.26 bits per heavy atom. The molecule has 2 N–H and O–H groups in total. The number of nitrogens with zero attached hydrogens (tertiary/aromatic N) is 10. The summed E-state index contributed by atoms with van der Waals surface area (Å²) in [5.41, 5.74) is 6.16. The molecule has 2 aromatic heterocycles. The third kappa shape index (κ3) is 15.4. The topological polar surface area (TPSA) is 225 Å². The summed E-state index contributed by atoms with van der Waals surface area (Å²) in [7, 11) is 7.78. The van der Waals surface area contributed by atoms with Crippen molar-refractivity contribution in [1.29, 1.82) is 0 Å². The van der Waals surface area contributed by atoms with Crippen molar-refractivity contribution in [2.45, 2.75) is 44.6 Å². The van der Waals surface area contributed by atoms with E-state index in [9.17, 15) is 37.5 Å². The lowest BCUT2D eigenvalue weighted by molar-refractivity contribution is -0.274.